The Kier molecular flexibility index (Phi) is 5.83. The van der Waals surface area contributed by atoms with Gasteiger partial charge in [0.2, 0.25) is 0 Å². The fraction of sp³-hybridized carbons (Fsp3) is 0.533. The molecule has 0 fully saturated rings. The third-order valence-corrected chi connectivity index (χ3v) is 3.14. The second-order valence-corrected chi connectivity index (χ2v) is 4.76. The van der Waals surface area contributed by atoms with E-state index >= 15 is 0 Å². The van der Waals surface area contributed by atoms with Crippen molar-refractivity contribution in [3.05, 3.63) is 29.3 Å². The molecule has 0 radical (unpaired) electrons. The largest absolute Gasteiger partial charge is 0.465 e. The zero-order valence-corrected chi connectivity index (χ0v) is 12.5. The number of rotatable bonds is 6. The standard InChI is InChI=1S/C15H24N2O2/c1-6-19-15(18)13(16-4)10-17(5)14-8-7-11(2)9-12(14)3/h7-9,13,16H,6,10H2,1-5H3. The van der Waals surface area contributed by atoms with E-state index in [4.69, 9.17) is 4.74 Å². The normalized spacial score (nSPS) is 12.1. The number of nitrogens with one attached hydrogen (secondary N) is 1. The minimum absolute atomic E-state index is 0.207. The Morgan fingerprint density at radius 3 is 2.63 bits per heavy atom. The summed E-state index contributed by atoms with van der Waals surface area (Å²) in [7, 11) is 3.76. The lowest BCUT2D eigenvalue weighted by Crippen LogP contribution is -2.44. The molecule has 19 heavy (non-hydrogen) atoms. The lowest BCUT2D eigenvalue weighted by Gasteiger charge is -2.26. The number of hydrogen-bond donors (Lipinski definition) is 1. The molecule has 0 amide bonds. The number of benzene rings is 1. The van der Waals surface area contributed by atoms with Gasteiger partial charge in [-0.05, 0) is 39.4 Å². The van der Waals surface area contributed by atoms with Crippen molar-refractivity contribution in [2.75, 3.05) is 32.1 Å². The Hall–Kier alpha value is -1.55. The molecule has 1 aromatic carbocycles. The van der Waals surface area contributed by atoms with E-state index in [9.17, 15) is 4.79 Å². The molecule has 1 aromatic rings. The quantitative estimate of drug-likeness (QED) is 0.797. The summed E-state index contributed by atoms with van der Waals surface area (Å²) in [5.41, 5.74) is 3.58. The van der Waals surface area contributed by atoms with Gasteiger partial charge in [0.1, 0.15) is 6.04 Å². The van der Waals surface area contributed by atoms with Crippen molar-refractivity contribution in [1.82, 2.24) is 5.32 Å². The Balaban J connectivity index is 2.76. The summed E-state index contributed by atoms with van der Waals surface area (Å²) in [5, 5.41) is 3.00. The lowest BCUT2D eigenvalue weighted by atomic mass is 10.1. The number of ether oxygens (including phenoxy) is 1. The van der Waals surface area contributed by atoms with Crippen LogP contribution < -0.4 is 10.2 Å². The SMILES string of the molecule is CCOC(=O)C(CN(C)c1ccc(C)cc1C)NC. The van der Waals surface area contributed by atoms with Crippen LogP contribution in [-0.2, 0) is 9.53 Å². The first-order valence-corrected chi connectivity index (χ1v) is 6.61. The van der Waals surface area contributed by atoms with Crippen LogP contribution >= 0.6 is 0 Å². The van der Waals surface area contributed by atoms with E-state index in [-0.39, 0.29) is 12.0 Å². The first-order valence-electron chi connectivity index (χ1n) is 6.61. The van der Waals surface area contributed by atoms with Crippen LogP contribution in [0, 0.1) is 13.8 Å². The van der Waals surface area contributed by atoms with E-state index in [2.05, 4.69) is 42.3 Å². The van der Waals surface area contributed by atoms with E-state index in [1.165, 1.54) is 11.1 Å². The molecular weight excluding hydrogens is 240 g/mol. The maximum Gasteiger partial charge on any atom is 0.324 e. The summed E-state index contributed by atoms with van der Waals surface area (Å²) in [4.78, 5) is 13.8. The van der Waals surface area contributed by atoms with Gasteiger partial charge in [0.15, 0.2) is 0 Å². The highest BCUT2D eigenvalue weighted by Gasteiger charge is 2.20. The lowest BCUT2D eigenvalue weighted by molar-refractivity contribution is -0.145. The van der Waals surface area contributed by atoms with Crippen LogP contribution in [0.25, 0.3) is 0 Å². The molecule has 0 saturated carbocycles. The van der Waals surface area contributed by atoms with Gasteiger partial charge in [-0.15, -0.1) is 0 Å². The summed E-state index contributed by atoms with van der Waals surface area (Å²) < 4.78 is 5.05. The molecule has 0 aliphatic rings. The average molecular weight is 264 g/mol. The summed E-state index contributed by atoms with van der Waals surface area (Å²) in [6, 6.07) is 6.00. The van der Waals surface area contributed by atoms with E-state index < -0.39 is 0 Å². The number of anilines is 1. The third-order valence-electron chi connectivity index (χ3n) is 3.14. The van der Waals surface area contributed by atoms with Gasteiger partial charge in [-0.3, -0.25) is 4.79 Å². The molecule has 0 heterocycles. The van der Waals surface area contributed by atoms with Gasteiger partial charge < -0.3 is 15.0 Å². The van der Waals surface area contributed by atoms with Crippen LogP contribution in [0.1, 0.15) is 18.1 Å². The maximum absolute atomic E-state index is 11.8. The number of nitrogens with zero attached hydrogens (tertiary/aromatic N) is 1. The van der Waals surface area contributed by atoms with Crippen LogP contribution in [0.15, 0.2) is 18.2 Å². The van der Waals surface area contributed by atoms with Crippen LogP contribution in [-0.4, -0.2) is 39.3 Å². The highest BCUT2D eigenvalue weighted by molar-refractivity contribution is 5.76. The van der Waals surface area contributed by atoms with Gasteiger partial charge in [-0.2, -0.15) is 0 Å². The third kappa shape index (κ3) is 4.24. The van der Waals surface area contributed by atoms with Crippen molar-refractivity contribution in [2.24, 2.45) is 0 Å². The topological polar surface area (TPSA) is 41.6 Å². The number of hydrogen-bond acceptors (Lipinski definition) is 4. The highest BCUT2D eigenvalue weighted by atomic mass is 16.5. The first-order chi connectivity index (χ1) is 8.99. The highest BCUT2D eigenvalue weighted by Crippen LogP contribution is 2.20. The number of likely N-dealkylation sites (N-methyl/N-ethyl adjacent to an activating group) is 2. The molecule has 1 N–H and O–H groups in total. The molecule has 0 aliphatic carbocycles. The smallest absolute Gasteiger partial charge is 0.324 e. The fourth-order valence-electron chi connectivity index (χ4n) is 2.13. The van der Waals surface area contributed by atoms with Crippen LogP contribution in [0.5, 0.6) is 0 Å². The zero-order valence-electron chi connectivity index (χ0n) is 12.5. The maximum atomic E-state index is 11.8. The van der Waals surface area contributed by atoms with Gasteiger partial charge in [-0.1, -0.05) is 17.7 Å². The summed E-state index contributed by atoms with van der Waals surface area (Å²) in [6.45, 7) is 6.96. The van der Waals surface area contributed by atoms with Crippen molar-refractivity contribution in [3.8, 4) is 0 Å². The van der Waals surface area contributed by atoms with Gasteiger partial charge >= 0.3 is 5.97 Å². The van der Waals surface area contributed by atoms with Crippen molar-refractivity contribution in [1.29, 1.82) is 0 Å². The number of carbonyl (C=O) groups is 1. The van der Waals surface area contributed by atoms with Crippen molar-refractivity contribution >= 4 is 11.7 Å². The molecule has 0 aliphatic heterocycles. The second-order valence-electron chi connectivity index (χ2n) is 4.76. The molecule has 0 aromatic heterocycles. The van der Waals surface area contributed by atoms with Crippen LogP contribution in [0.2, 0.25) is 0 Å². The number of esters is 1. The van der Waals surface area contributed by atoms with Crippen molar-refractivity contribution in [2.45, 2.75) is 26.8 Å². The molecular formula is C15H24N2O2. The minimum Gasteiger partial charge on any atom is -0.465 e. The zero-order chi connectivity index (χ0) is 14.4. The van der Waals surface area contributed by atoms with Gasteiger partial charge in [0, 0.05) is 19.3 Å². The van der Waals surface area contributed by atoms with E-state index in [0.29, 0.717) is 13.2 Å². The minimum atomic E-state index is -0.314. The van der Waals surface area contributed by atoms with Crippen LogP contribution in [0.4, 0.5) is 5.69 Å². The molecule has 4 nitrogen and oxygen atoms in total. The average Bonchev–Trinajstić information content (AvgIpc) is 2.35. The molecule has 106 valence electrons. The first kappa shape index (κ1) is 15.5. The molecule has 1 atom stereocenters. The molecule has 0 bridgehead atoms. The van der Waals surface area contributed by atoms with E-state index in [1.54, 1.807) is 7.05 Å². The number of aryl methyl sites for hydroxylation is 2. The molecule has 1 rings (SSSR count). The fourth-order valence-corrected chi connectivity index (χ4v) is 2.13. The Morgan fingerprint density at radius 1 is 1.42 bits per heavy atom. The summed E-state index contributed by atoms with van der Waals surface area (Å²) in [5.74, 6) is -0.207. The predicted molar refractivity (Wildman–Crippen MR) is 78.7 cm³/mol. The Labute approximate surface area is 115 Å². The van der Waals surface area contributed by atoms with Gasteiger partial charge in [0.05, 0.1) is 6.61 Å². The Morgan fingerprint density at radius 2 is 2.11 bits per heavy atom. The monoisotopic (exact) mass is 264 g/mol. The van der Waals surface area contributed by atoms with Crippen LogP contribution in [0.3, 0.4) is 0 Å². The number of carbonyl (C=O) groups excluding carboxylic acids is 1. The van der Waals surface area contributed by atoms with Crippen molar-refractivity contribution < 1.29 is 9.53 Å². The Bertz CT molecular complexity index is 432. The van der Waals surface area contributed by atoms with E-state index in [1.807, 2.05) is 14.0 Å². The molecule has 4 heteroatoms. The molecule has 1 unspecified atom stereocenters. The van der Waals surface area contributed by atoms with E-state index in [0.717, 1.165) is 5.69 Å². The van der Waals surface area contributed by atoms with Crippen molar-refractivity contribution in [3.63, 3.8) is 0 Å². The van der Waals surface area contributed by atoms with Gasteiger partial charge in [0.25, 0.3) is 0 Å². The second kappa shape index (κ2) is 7.14. The van der Waals surface area contributed by atoms with Gasteiger partial charge in [-0.25, -0.2) is 0 Å². The molecule has 0 saturated heterocycles. The predicted octanol–water partition coefficient (Wildman–Crippen LogP) is 1.89. The summed E-state index contributed by atoms with van der Waals surface area (Å²) >= 11 is 0. The summed E-state index contributed by atoms with van der Waals surface area (Å²) in [6.07, 6.45) is 0. The molecule has 0 spiro atoms.